The van der Waals surface area contributed by atoms with Gasteiger partial charge in [0.2, 0.25) is 0 Å². The molecule has 0 saturated carbocycles. The maximum absolute atomic E-state index is 12.3. The molecule has 0 spiro atoms. The van der Waals surface area contributed by atoms with Crippen molar-refractivity contribution in [3.8, 4) is 0 Å². The smallest absolute Gasteiger partial charge is 0.416 e. The molecular formula is C12H13ClF3NO2. The first-order valence-corrected chi connectivity index (χ1v) is 5.87. The topological polar surface area (TPSA) is 38.3 Å². The number of esters is 1. The molecule has 0 fully saturated rings. The molecule has 0 radical (unpaired) electrons. The molecule has 0 aliphatic heterocycles. The molecule has 1 atom stereocenters. The van der Waals surface area contributed by atoms with Crippen molar-refractivity contribution in [2.75, 3.05) is 13.7 Å². The van der Waals surface area contributed by atoms with Crippen LogP contribution in [0.5, 0.6) is 0 Å². The van der Waals surface area contributed by atoms with Crippen LogP contribution in [-0.2, 0) is 22.3 Å². The summed E-state index contributed by atoms with van der Waals surface area (Å²) in [4.78, 5) is 11.0. The molecule has 0 aliphatic rings. The van der Waals surface area contributed by atoms with Crippen molar-refractivity contribution in [1.82, 2.24) is 5.32 Å². The van der Waals surface area contributed by atoms with Crippen LogP contribution in [0.1, 0.15) is 11.1 Å². The average Bonchev–Trinajstić information content (AvgIpc) is 2.37. The molecular weight excluding hydrogens is 283 g/mol. The second kappa shape index (κ2) is 6.77. The fraction of sp³-hybridized carbons (Fsp3) is 0.417. The molecule has 7 heteroatoms. The second-order valence-corrected chi connectivity index (χ2v) is 4.34. The maximum Gasteiger partial charge on any atom is 0.416 e. The number of hydrogen-bond donors (Lipinski definition) is 1. The van der Waals surface area contributed by atoms with Gasteiger partial charge in [0.1, 0.15) is 5.38 Å². The van der Waals surface area contributed by atoms with Gasteiger partial charge < -0.3 is 10.1 Å². The van der Waals surface area contributed by atoms with Gasteiger partial charge in [0.25, 0.3) is 0 Å². The number of hydrogen-bond acceptors (Lipinski definition) is 3. The zero-order valence-corrected chi connectivity index (χ0v) is 10.9. The van der Waals surface area contributed by atoms with E-state index >= 15 is 0 Å². The average molecular weight is 296 g/mol. The predicted octanol–water partition coefficient (Wildman–Crippen LogP) is 2.58. The third-order valence-corrected chi connectivity index (χ3v) is 2.72. The van der Waals surface area contributed by atoms with Crippen molar-refractivity contribution in [1.29, 1.82) is 0 Å². The maximum atomic E-state index is 12.3. The number of carbonyl (C=O) groups excluding carboxylic acids is 1. The molecule has 0 aliphatic carbocycles. The van der Waals surface area contributed by atoms with Gasteiger partial charge in [-0.3, -0.25) is 4.79 Å². The van der Waals surface area contributed by atoms with E-state index in [9.17, 15) is 18.0 Å². The minimum atomic E-state index is -4.34. The highest BCUT2D eigenvalue weighted by Gasteiger charge is 2.29. The van der Waals surface area contributed by atoms with Crippen molar-refractivity contribution in [3.05, 3.63) is 35.4 Å². The summed E-state index contributed by atoms with van der Waals surface area (Å²) in [5.74, 6) is -0.554. The Morgan fingerprint density at radius 3 is 2.42 bits per heavy atom. The molecule has 0 saturated heterocycles. The van der Waals surface area contributed by atoms with E-state index in [4.69, 9.17) is 11.6 Å². The third kappa shape index (κ3) is 5.08. The minimum Gasteiger partial charge on any atom is -0.468 e. The number of benzene rings is 1. The van der Waals surface area contributed by atoms with Crippen LogP contribution >= 0.6 is 11.6 Å². The van der Waals surface area contributed by atoms with Crippen LogP contribution in [0.3, 0.4) is 0 Å². The Bertz CT molecular complexity index is 420. The first kappa shape index (κ1) is 15.8. The SMILES string of the molecule is COC(=O)C(Cl)CNCc1ccc(C(F)(F)F)cc1. The molecule has 1 N–H and O–H groups in total. The Hall–Kier alpha value is -1.27. The number of nitrogens with one attached hydrogen (secondary N) is 1. The fourth-order valence-electron chi connectivity index (χ4n) is 1.37. The molecule has 3 nitrogen and oxygen atoms in total. The van der Waals surface area contributed by atoms with Crippen LogP contribution < -0.4 is 5.32 Å². The van der Waals surface area contributed by atoms with Crippen LogP contribution in [0.25, 0.3) is 0 Å². The summed E-state index contributed by atoms with van der Waals surface area (Å²) in [5, 5.41) is 2.04. The van der Waals surface area contributed by atoms with Crippen LogP contribution in [0.4, 0.5) is 13.2 Å². The zero-order valence-electron chi connectivity index (χ0n) is 10.1. The Kier molecular flexibility index (Phi) is 5.62. The van der Waals surface area contributed by atoms with Gasteiger partial charge in [0.15, 0.2) is 0 Å². The number of methoxy groups -OCH3 is 1. The molecule has 0 bridgehead atoms. The van der Waals surface area contributed by atoms with Gasteiger partial charge in [-0.05, 0) is 17.7 Å². The first-order valence-electron chi connectivity index (χ1n) is 5.43. The molecule has 1 unspecified atom stereocenters. The second-order valence-electron chi connectivity index (χ2n) is 3.82. The van der Waals surface area contributed by atoms with E-state index in [2.05, 4.69) is 10.1 Å². The minimum absolute atomic E-state index is 0.176. The van der Waals surface area contributed by atoms with Crippen molar-refractivity contribution in [2.24, 2.45) is 0 Å². The van der Waals surface area contributed by atoms with Crippen molar-refractivity contribution >= 4 is 17.6 Å². The van der Waals surface area contributed by atoms with E-state index < -0.39 is 23.1 Å². The summed E-state index contributed by atoms with van der Waals surface area (Å²) >= 11 is 5.70. The van der Waals surface area contributed by atoms with Gasteiger partial charge in [-0.2, -0.15) is 13.2 Å². The summed E-state index contributed by atoms with van der Waals surface area (Å²) in [6, 6.07) is 4.76. The Labute approximate surface area is 113 Å². The van der Waals surface area contributed by atoms with E-state index in [0.717, 1.165) is 12.1 Å². The van der Waals surface area contributed by atoms with E-state index in [0.29, 0.717) is 12.1 Å². The number of alkyl halides is 4. The van der Waals surface area contributed by atoms with Crippen molar-refractivity contribution < 1.29 is 22.7 Å². The van der Waals surface area contributed by atoms with Crippen molar-refractivity contribution in [2.45, 2.75) is 18.1 Å². The molecule has 1 rings (SSSR count). The van der Waals surface area contributed by atoms with Gasteiger partial charge in [0.05, 0.1) is 12.7 Å². The lowest BCUT2D eigenvalue weighted by Gasteiger charge is -2.10. The van der Waals surface area contributed by atoms with E-state index in [1.54, 1.807) is 0 Å². The number of halogens is 4. The van der Waals surface area contributed by atoms with Gasteiger partial charge in [-0.15, -0.1) is 11.6 Å². The van der Waals surface area contributed by atoms with Gasteiger partial charge >= 0.3 is 12.1 Å². The number of rotatable bonds is 5. The largest absolute Gasteiger partial charge is 0.468 e. The summed E-state index contributed by atoms with van der Waals surface area (Å²) in [7, 11) is 1.23. The summed E-state index contributed by atoms with van der Waals surface area (Å²) in [6.45, 7) is 0.494. The highest BCUT2D eigenvalue weighted by molar-refractivity contribution is 6.30. The molecule has 0 amide bonds. The fourth-order valence-corrected chi connectivity index (χ4v) is 1.56. The van der Waals surface area contributed by atoms with Crippen molar-refractivity contribution in [3.63, 3.8) is 0 Å². The Balaban J connectivity index is 2.45. The number of ether oxygens (including phenoxy) is 1. The van der Waals surface area contributed by atoms with Crippen LogP contribution in [0.15, 0.2) is 24.3 Å². The summed E-state index contributed by atoms with van der Waals surface area (Å²) in [5.41, 5.74) is -0.0252. The molecule has 0 aromatic heterocycles. The van der Waals surface area contributed by atoms with Crippen LogP contribution in [0.2, 0.25) is 0 Å². The predicted molar refractivity (Wildman–Crippen MR) is 64.8 cm³/mol. The van der Waals surface area contributed by atoms with Crippen LogP contribution in [0, 0.1) is 0 Å². The first-order chi connectivity index (χ1) is 8.84. The van der Waals surface area contributed by atoms with Crippen LogP contribution in [-0.4, -0.2) is 25.0 Å². The lowest BCUT2D eigenvalue weighted by atomic mass is 10.1. The van der Waals surface area contributed by atoms with Gasteiger partial charge in [-0.25, -0.2) is 0 Å². The highest BCUT2D eigenvalue weighted by atomic mass is 35.5. The van der Waals surface area contributed by atoms with Gasteiger partial charge in [0, 0.05) is 13.1 Å². The Morgan fingerprint density at radius 2 is 1.95 bits per heavy atom. The lowest BCUT2D eigenvalue weighted by Crippen LogP contribution is -2.29. The van der Waals surface area contributed by atoms with E-state index in [-0.39, 0.29) is 6.54 Å². The standard InChI is InChI=1S/C12H13ClF3NO2/c1-19-11(18)10(13)7-17-6-8-2-4-9(5-3-8)12(14,15)16/h2-5,10,17H,6-7H2,1H3. The molecule has 106 valence electrons. The summed E-state index contributed by atoms with van der Waals surface area (Å²) in [6.07, 6.45) is -4.34. The molecule has 1 aromatic rings. The highest BCUT2D eigenvalue weighted by Crippen LogP contribution is 2.28. The third-order valence-electron chi connectivity index (χ3n) is 2.39. The normalized spacial score (nSPS) is 13.1. The molecule has 1 aromatic carbocycles. The number of carbonyl (C=O) groups is 1. The Morgan fingerprint density at radius 1 is 1.37 bits per heavy atom. The monoisotopic (exact) mass is 295 g/mol. The van der Waals surface area contributed by atoms with Gasteiger partial charge in [-0.1, -0.05) is 12.1 Å². The van der Waals surface area contributed by atoms with E-state index in [1.807, 2.05) is 0 Å². The molecule has 0 heterocycles. The lowest BCUT2D eigenvalue weighted by molar-refractivity contribution is -0.140. The quantitative estimate of drug-likeness (QED) is 0.670. The van der Waals surface area contributed by atoms with E-state index in [1.165, 1.54) is 19.2 Å². The molecule has 19 heavy (non-hydrogen) atoms. The zero-order chi connectivity index (χ0) is 14.5. The summed E-state index contributed by atoms with van der Waals surface area (Å²) < 4.78 is 41.4.